The predicted octanol–water partition coefficient (Wildman–Crippen LogP) is 3.41. The molecule has 0 amide bonds. The molecule has 16 heavy (non-hydrogen) atoms. The SMILES string of the molecule is [CH2]CCCCc1ccc(C(=O)OCC)cc1. The summed E-state index contributed by atoms with van der Waals surface area (Å²) in [5.41, 5.74) is 1.89. The van der Waals surface area contributed by atoms with E-state index in [1.807, 2.05) is 31.2 Å². The van der Waals surface area contributed by atoms with E-state index in [4.69, 9.17) is 4.74 Å². The van der Waals surface area contributed by atoms with Crippen molar-refractivity contribution in [3.05, 3.63) is 42.3 Å². The zero-order valence-corrected chi connectivity index (χ0v) is 9.87. The van der Waals surface area contributed by atoms with Gasteiger partial charge < -0.3 is 4.74 Å². The van der Waals surface area contributed by atoms with E-state index in [9.17, 15) is 4.79 Å². The Morgan fingerprint density at radius 2 is 1.94 bits per heavy atom. The molecule has 2 nitrogen and oxygen atoms in total. The van der Waals surface area contributed by atoms with Crippen LogP contribution in [0.2, 0.25) is 0 Å². The number of ether oxygens (including phenoxy) is 1. The van der Waals surface area contributed by atoms with Crippen LogP contribution in [0.5, 0.6) is 0 Å². The number of rotatable bonds is 6. The van der Waals surface area contributed by atoms with Crippen molar-refractivity contribution >= 4 is 5.97 Å². The third kappa shape index (κ3) is 4.05. The summed E-state index contributed by atoms with van der Waals surface area (Å²) in [7, 11) is 0. The molecule has 0 unspecified atom stereocenters. The Morgan fingerprint density at radius 3 is 2.50 bits per heavy atom. The molecule has 0 atom stereocenters. The van der Waals surface area contributed by atoms with E-state index in [0.29, 0.717) is 12.2 Å². The second-order valence-electron chi connectivity index (χ2n) is 3.73. The van der Waals surface area contributed by atoms with Gasteiger partial charge in [-0.1, -0.05) is 31.9 Å². The van der Waals surface area contributed by atoms with Gasteiger partial charge in [0.15, 0.2) is 0 Å². The van der Waals surface area contributed by atoms with Crippen LogP contribution in [0, 0.1) is 6.92 Å². The van der Waals surface area contributed by atoms with E-state index >= 15 is 0 Å². The summed E-state index contributed by atoms with van der Waals surface area (Å²) in [4.78, 5) is 11.4. The zero-order valence-electron chi connectivity index (χ0n) is 9.87. The Bertz CT molecular complexity index is 314. The monoisotopic (exact) mass is 219 g/mol. The topological polar surface area (TPSA) is 26.3 Å². The standard InChI is InChI=1S/C14H19O2/c1-3-5-6-7-12-8-10-13(11-9-12)14(15)16-4-2/h8-11H,1,3-7H2,2H3. The highest BCUT2D eigenvalue weighted by Gasteiger charge is 2.04. The molecule has 0 bridgehead atoms. The zero-order chi connectivity index (χ0) is 11.8. The summed E-state index contributed by atoms with van der Waals surface area (Å²) in [6, 6.07) is 7.65. The highest BCUT2D eigenvalue weighted by Crippen LogP contribution is 2.09. The molecule has 1 aromatic rings. The van der Waals surface area contributed by atoms with E-state index in [-0.39, 0.29) is 5.97 Å². The summed E-state index contributed by atoms with van der Waals surface area (Å²) in [5.74, 6) is -0.244. The lowest BCUT2D eigenvalue weighted by Gasteiger charge is -2.03. The van der Waals surface area contributed by atoms with Gasteiger partial charge in [-0.25, -0.2) is 4.79 Å². The van der Waals surface area contributed by atoms with Crippen LogP contribution in [0.15, 0.2) is 24.3 Å². The van der Waals surface area contributed by atoms with E-state index in [0.717, 1.165) is 25.7 Å². The van der Waals surface area contributed by atoms with Crippen LogP contribution in [-0.2, 0) is 11.2 Å². The molecule has 87 valence electrons. The maximum absolute atomic E-state index is 11.4. The van der Waals surface area contributed by atoms with Gasteiger partial charge in [-0.2, -0.15) is 0 Å². The van der Waals surface area contributed by atoms with Gasteiger partial charge in [0, 0.05) is 0 Å². The molecule has 0 aliphatic heterocycles. The Labute approximate surface area is 97.6 Å². The molecule has 0 spiro atoms. The van der Waals surface area contributed by atoms with Crippen LogP contribution in [-0.4, -0.2) is 12.6 Å². The molecule has 1 aromatic carbocycles. The lowest BCUT2D eigenvalue weighted by atomic mass is 10.1. The molecule has 0 aliphatic rings. The first-order valence-corrected chi connectivity index (χ1v) is 5.83. The molecule has 1 radical (unpaired) electrons. The minimum Gasteiger partial charge on any atom is -0.462 e. The summed E-state index contributed by atoms with van der Waals surface area (Å²) >= 11 is 0. The van der Waals surface area contributed by atoms with Gasteiger partial charge in [0.05, 0.1) is 12.2 Å². The van der Waals surface area contributed by atoms with Gasteiger partial charge in [0.2, 0.25) is 0 Å². The minimum absolute atomic E-state index is 0.244. The maximum Gasteiger partial charge on any atom is 0.338 e. The fraction of sp³-hybridized carbons (Fsp3) is 0.429. The molecule has 0 saturated heterocycles. The van der Waals surface area contributed by atoms with E-state index in [1.165, 1.54) is 5.56 Å². The maximum atomic E-state index is 11.4. The molecular formula is C14H19O2. The highest BCUT2D eigenvalue weighted by atomic mass is 16.5. The Morgan fingerprint density at radius 1 is 1.25 bits per heavy atom. The highest BCUT2D eigenvalue weighted by molar-refractivity contribution is 5.89. The van der Waals surface area contributed by atoms with Gasteiger partial charge in [-0.3, -0.25) is 0 Å². The van der Waals surface area contributed by atoms with Gasteiger partial charge in [-0.15, -0.1) is 0 Å². The number of hydrogen-bond donors (Lipinski definition) is 0. The first kappa shape index (κ1) is 12.8. The lowest BCUT2D eigenvalue weighted by molar-refractivity contribution is 0.0526. The fourth-order valence-corrected chi connectivity index (χ4v) is 1.53. The fourth-order valence-electron chi connectivity index (χ4n) is 1.53. The smallest absolute Gasteiger partial charge is 0.338 e. The Hall–Kier alpha value is -1.31. The second-order valence-corrected chi connectivity index (χ2v) is 3.73. The second kappa shape index (κ2) is 7.04. The van der Waals surface area contributed by atoms with Crippen LogP contribution in [0.3, 0.4) is 0 Å². The summed E-state index contributed by atoms with van der Waals surface area (Å²) in [6.07, 6.45) is 4.35. The van der Waals surface area contributed by atoms with Crippen molar-refractivity contribution in [1.29, 1.82) is 0 Å². The summed E-state index contributed by atoms with van der Waals surface area (Å²) in [5, 5.41) is 0. The van der Waals surface area contributed by atoms with E-state index in [2.05, 4.69) is 6.92 Å². The number of benzene rings is 1. The first-order chi connectivity index (χ1) is 7.77. The number of carbonyl (C=O) groups is 1. The van der Waals surface area contributed by atoms with Crippen LogP contribution in [0.4, 0.5) is 0 Å². The number of carbonyl (C=O) groups excluding carboxylic acids is 1. The minimum atomic E-state index is -0.244. The van der Waals surface area contributed by atoms with Crippen LogP contribution in [0.1, 0.15) is 42.1 Å². The average molecular weight is 219 g/mol. The summed E-state index contributed by atoms with van der Waals surface area (Å²) < 4.78 is 4.92. The van der Waals surface area contributed by atoms with E-state index < -0.39 is 0 Å². The van der Waals surface area contributed by atoms with Gasteiger partial charge in [-0.05, 0) is 37.5 Å². The van der Waals surface area contributed by atoms with Gasteiger partial charge >= 0.3 is 5.97 Å². The number of esters is 1. The quantitative estimate of drug-likeness (QED) is 0.541. The molecular weight excluding hydrogens is 200 g/mol. The molecule has 0 fully saturated rings. The van der Waals surface area contributed by atoms with Gasteiger partial charge in [0.1, 0.15) is 0 Å². The lowest BCUT2D eigenvalue weighted by Crippen LogP contribution is -2.04. The largest absolute Gasteiger partial charge is 0.462 e. The third-order valence-corrected chi connectivity index (χ3v) is 2.43. The van der Waals surface area contributed by atoms with Crippen molar-refractivity contribution in [1.82, 2.24) is 0 Å². The molecule has 1 rings (SSSR count). The first-order valence-electron chi connectivity index (χ1n) is 5.83. The van der Waals surface area contributed by atoms with Crippen LogP contribution in [0.25, 0.3) is 0 Å². The molecule has 0 saturated carbocycles. The number of aryl methyl sites for hydroxylation is 1. The average Bonchev–Trinajstić information content (AvgIpc) is 2.30. The van der Waals surface area contributed by atoms with Crippen molar-refractivity contribution in [3.63, 3.8) is 0 Å². The van der Waals surface area contributed by atoms with Crippen molar-refractivity contribution in [3.8, 4) is 0 Å². The van der Waals surface area contributed by atoms with Gasteiger partial charge in [0.25, 0.3) is 0 Å². The van der Waals surface area contributed by atoms with Crippen molar-refractivity contribution in [2.75, 3.05) is 6.61 Å². The normalized spacial score (nSPS) is 10.1. The number of unbranched alkanes of at least 4 members (excludes halogenated alkanes) is 2. The molecule has 0 aromatic heterocycles. The van der Waals surface area contributed by atoms with Crippen molar-refractivity contribution in [2.24, 2.45) is 0 Å². The third-order valence-electron chi connectivity index (χ3n) is 2.43. The van der Waals surface area contributed by atoms with Crippen molar-refractivity contribution in [2.45, 2.75) is 32.6 Å². The predicted molar refractivity (Wildman–Crippen MR) is 65.3 cm³/mol. The molecule has 0 N–H and O–H groups in total. The number of hydrogen-bond acceptors (Lipinski definition) is 2. The van der Waals surface area contributed by atoms with Crippen LogP contribution < -0.4 is 0 Å². The molecule has 2 heteroatoms. The van der Waals surface area contributed by atoms with Crippen LogP contribution >= 0.6 is 0 Å². The van der Waals surface area contributed by atoms with E-state index in [1.54, 1.807) is 0 Å². The summed E-state index contributed by atoms with van der Waals surface area (Å²) in [6.45, 7) is 6.04. The molecule has 0 aliphatic carbocycles. The molecule has 0 heterocycles. The Kier molecular flexibility index (Phi) is 5.62. The Balaban J connectivity index is 2.50. The van der Waals surface area contributed by atoms with Crippen molar-refractivity contribution < 1.29 is 9.53 Å².